The van der Waals surface area contributed by atoms with Gasteiger partial charge >= 0.3 is 0 Å². The van der Waals surface area contributed by atoms with Crippen molar-refractivity contribution in [2.45, 2.75) is 90.1 Å². The first-order chi connectivity index (χ1) is 20.4. The van der Waals surface area contributed by atoms with E-state index in [9.17, 15) is 24.3 Å². The summed E-state index contributed by atoms with van der Waals surface area (Å²) in [4.78, 5) is 60.2. The van der Waals surface area contributed by atoms with Gasteiger partial charge in [-0.2, -0.15) is 0 Å². The van der Waals surface area contributed by atoms with Gasteiger partial charge in [-0.15, -0.1) is 0 Å². The number of likely N-dealkylation sites (tertiary alicyclic amines) is 1. The van der Waals surface area contributed by atoms with Crippen LogP contribution in [0, 0.1) is 11.8 Å². The van der Waals surface area contributed by atoms with Crippen molar-refractivity contribution in [2.24, 2.45) is 11.8 Å². The number of rotatable bonds is 8. The first kappa shape index (κ1) is 32.3. The smallest absolute Gasteiger partial charge is 0.249 e. The molecule has 0 aromatic heterocycles. The lowest BCUT2D eigenvalue weighted by molar-refractivity contribution is -0.150. The van der Waals surface area contributed by atoms with Crippen LogP contribution in [0.25, 0.3) is 6.08 Å². The number of benzene rings is 1. The zero-order chi connectivity index (χ0) is 31.4. The number of nitrogens with zero attached hydrogens (tertiary/aromatic N) is 3. The van der Waals surface area contributed by atoms with Crippen molar-refractivity contribution >= 4 is 29.7 Å². The van der Waals surface area contributed by atoms with E-state index < -0.39 is 30.3 Å². The van der Waals surface area contributed by atoms with Gasteiger partial charge in [-0.1, -0.05) is 34.1 Å². The van der Waals surface area contributed by atoms with Crippen molar-refractivity contribution in [3.63, 3.8) is 0 Å². The first-order valence-corrected chi connectivity index (χ1v) is 15.5. The van der Waals surface area contributed by atoms with Crippen LogP contribution in [0.5, 0.6) is 11.5 Å². The van der Waals surface area contributed by atoms with E-state index in [0.29, 0.717) is 43.5 Å². The number of carbonyl (C=O) groups excluding carboxylic acids is 4. The van der Waals surface area contributed by atoms with Crippen molar-refractivity contribution in [1.29, 1.82) is 0 Å². The number of likely N-dealkylation sites (N-methyl/N-ethyl adjacent to an activating group) is 1. The maximum absolute atomic E-state index is 14.3. The molecule has 2 saturated heterocycles. The monoisotopic (exact) mass is 597 g/mol. The normalized spacial score (nSPS) is 25.0. The lowest BCUT2D eigenvalue weighted by Crippen LogP contribution is -2.60. The molecule has 11 nitrogen and oxygen atoms in total. The molecule has 11 heteroatoms. The van der Waals surface area contributed by atoms with Crippen LogP contribution in [0.4, 0.5) is 0 Å². The highest BCUT2D eigenvalue weighted by Gasteiger charge is 2.49. The summed E-state index contributed by atoms with van der Waals surface area (Å²) in [5.41, 5.74) is 0.450. The summed E-state index contributed by atoms with van der Waals surface area (Å²) in [7, 11) is 3.72. The molecule has 4 amide bonds. The second-order valence-corrected chi connectivity index (χ2v) is 12.7. The topological polar surface area (TPSA) is 132 Å². The summed E-state index contributed by atoms with van der Waals surface area (Å²) in [6.45, 7) is 8.70. The number of ether oxygens (including phenoxy) is 1. The summed E-state index contributed by atoms with van der Waals surface area (Å²) in [5.74, 6) is -0.562. The van der Waals surface area contributed by atoms with E-state index in [4.69, 9.17) is 4.74 Å². The number of hydrogen-bond donors (Lipinski definition) is 3. The number of aromatic hydroxyl groups is 1. The SMILES string of the molecule is CC[C@H](C)[C@@H](C(=O)N[C@@H](CC(C)C)C(=O)N1CC[C@@H]2Oc3ccc(O)c(c3)/C=C\NC(=O)[C@@H]3CCCN3C(=O)[C@H]21)N(C)C. The van der Waals surface area contributed by atoms with E-state index in [0.717, 1.165) is 6.42 Å². The van der Waals surface area contributed by atoms with E-state index in [1.54, 1.807) is 28.0 Å². The Morgan fingerprint density at radius 3 is 2.58 bits per heavy atom. The quantitative estimate of drug-likeness (QED) is 0.419. The van der Waals surface area contributed by atoms with E-state index in [-0.39, 0.29) is 47.8 Å². The second-order valence-electron chi connectivity index (χ2n) is 12.7. The molecule has 43 heavy (non-hydrogen) atoms. The molecule has 3 aliphatic rings. The fourth-order valence-electron chi connectivity index (χ4n) is 6.50. The van der Waals surface area contributed by atoms with Gasteiger partial charge in [-0.25, -0.2) is 0 Å². The van der Waals surface area contributed by atoms with Gasteiger partial charge < -0.3 is 30.3 Å². The maximum atomic E-state index is 14.3. The molecule has 0 spiro atoms. The molecule has 2 fully saturated rings. The molecule has 0 aliphatic carbocycles. The van der Waals surface area contributed by atoms with Crippen LogP contribution in [0.1, 0.15) is 65.4 Å². The van der Waals surface area contributed by atoms with Gasteiger partial charge in [-0.05, 0) is 69.5 Å². The van der Waals surface area contributed by atoms with Gasteiger partial charge in [0.25, 0.3) is 0 Å². The molecule has 2 bridgehead atoms. The maximum Gasteiger partial charge on any atom is 0.249 e. The third-order valence-electron chi connectivity index (χ3n) is 8.82. The molecule has 4 rings (SSSR count). The molecular formula is C32H47N5O6. The Kier molecular flexibility index (Phi) is 10.4. The minimum absolute atomic E-state index is 0.0201. The minimum Gasteiger partial charge on any atom is -0.507 e. The fourth-order valence-corrected chi connectivity index (χ4v) is 6.50. The molecule has 236 valence electrons. The minimum atomic E-state index is -0.974. The van der Waals surface area contributed by atoms with Crippen molar-refractivity contribution in [3.05, 3.63) is 30.0 Å². The Morgan fingerprint density at radius 2 is 1.91 bits per heavy atom. The van der Waals surface area contributed by atoms with Gasteiger partial charge in [0, 0.05) is 31.3 Å². The predicted molar refractivity (Wildman–Crippen MR) is 163 cm³/mol. The van der Waals surface area contributed by atoms with E-state index in [2.05, 4.69) is 10.6 Å². The van der Waals surface area contributed by atoms with Crippen LogP contribution >= 0.6 is 0 Å². The predicted octanol–water partition coefficient (Wildman–Crippen LogP) is 2.34. The Balaban J connectivity index is 1.69. The standard InChI is InChI=1S/C32H47N5O6/c1-7-20(4)27(35(5)6)30(40)34-23(17-19(2)3)31(41)37-16-13-26-28(37)32(42)36-15-8-9-24(36)29(39)33-14-12-21-18-22(43-26)10-11-25(21)38/h10-12,14,18-20,23-24,26-28,38H,7-9,13,15-17H2,1-6H3,(H,33,39)(H,34,40)/b14-12-/t20-,23-,24-,26-,27-,28-/m0/s1. The van der Waals surface area contributed by atoms with Gasteiger partial charge in [0.05, 0.1) is 6.04 Å². The summed E-state index contributed by atoms with van der Waals surface area (Å²) < 4.78 is 6.35. The van der Waals surface area contributed by atoms with Gasteiger partial charge in [-0.3, -0.25) is 24.1 Å². The second kappa shape index (κ2) is 13.8. The molecule has 6 atom stereocenters. The lowest BCUT2D eigenvalue weighted by atomic mass is 9.96. The van der Waals surface area contributed by atoms with Crippen LogP contribution in [0.3, 0.4) is 0 Å². The molecule has 3 heterocycles. The average Bonchev–Trinajstić information content (AvgIpc) is 3.60. The number of carbonyl (C=O) groups is 4. The van der Waals surface area contributed by atoms with Gasteiger partial charge in [0.15, 0.2) is 0 Å². The largest absolute Gasteiger partial charge is 0.507 e. The molecule has 3 N–H and O–H groups in total. The zero-order valence-corrected chi connectivity index (χ0v) is 26.2. The number of phenols is 1. The molecule has 1 aromatic rings. The summed E-state index contributed by atoms with van der Waals surface area (Å²) in [6.07, 6.45) is 5.14. The van der Waals surface area contributed by atoms with Crippen LogP contribution in [0.2, 0.25) is 0 Å². The van der Waals surface area contributed by atoms with Crippen molar-refractivity contribution in [1.82, 2.24) is 25.3 Å². The number of hydrogen-bond acceptors (Lipinski definition) is 7. The average molecular weight is 598 g/mol. The summed E-state index contributed by atoms with van der Waals surface area (Å²) >= 11 is 0. The highest BCUT2D eigenvalue weighted by molar-refractivity contribution is 5.96. The molecule has 3 aliphatic heterocycles. The number of phenolic OH excluding ortho intramolecular Hbond substituents is 1. The Morgan fingerprint density at radius 1 is 1.16 bits per heavy atom. The zero-order valence-electron chi connectivity index (χ0n) is 26.2. The summed E-state index contributed by atoms with van der Waals surface area (Å²) in [5, 5.41) is 16.1. The Labute approximate surface area is 254 Å². The van der Waals surface area contributed by atoms with Crippen LogP contribution in [0.15, 0.2) is 24.4 Å². The van der Waals surface area contributed by atoms with E-state index in [1.807, 2.05) is 46.7 Å². The Hall–Kier alpha value is -3.60. The Bertz CT molecular complexity index is 1230. The molecule has 0 unspecified atom stereocenters. The van der Waals surface area contributed by atoms with E-state index >= 15 is 0 Å². The van der Waals surface area contributed by atoms with Gasteiger partial charge in [0.2, 0.25) is 23.6 Å². The van der Waals surface area contributed by atoms with Crippen LogP contribution in [-0.2, 0) is 19.2 Å². The molecule has 0 radical (unpaired) electrons. The molecular weight excluding hydrogens is 550 g/mol. The third kappa shape index (κ3) is 7.14. The number of amides is 4. The number of fused-ring (bicyclic) bond motifs is 4. The highest BCUT2D eigenvalue weighted by atomic mass is 16.5. The number of nitrogens with one attached hydrogen (secondary N) is 2. The van der Waals surface area contributed by atoms with Gasteiger partial charge in [0.1, 0.15) is 35.7 Å². The first-order valence-electron chi connectivity index (χ1n) is 15.5. The van der Waals surface area contributed by atoms with Crippen molar-refractivity contribution in [3.8, 4) is 11.5 Å². The van der Waals surface area contributed by atoms with E-state index in [1.165, 1.54) is 12.3 Å². The van der Waals surface area contributed by atoms with Crippen molar-refractivity contribution < 1.29 is 29.0 Å². The highest BCUT2D eigenvalue weighted by Crippen LogP contribution is 2.32. The fraction of sp³-hybridized carbons (Fsp3) is 0.625. The molecule has 0 saturated carbocycles. The molecule has 1 aromatic carbocycles. The summed E-state index contributed by atoms with van der Waals surface area (Å²) in [6, 6.07) is 1.87. The van der Waals surface area contributed by atoms with Crippen LogP contribution < -0.4 is 15.4 Å². The lowest BCUT2D eigenvalue weighted by Gasteiger charge is -2.36. The third-order valence-corrected chi connectivity index (χ3v) is 8.82. The van der Waals surface area contributed by atoms with Crippen molar-refractivity contribution in [2.75, 3.05) is 27.2 Å². The van der Waals surface area contributed by atoms with Crippen LogP contribution in [-0.4, -0.2) is 101 Å².